The van der Waals surface area contributed by atoms with Gasteiger partial charge in [-0.15, -0.1) is 0 Å². The number of morpholine rings is 2. The van der Waals surface area contributed by atoms with E-state index < -0.39 is 96.2 Å². The van der Waals surface area contributed by atoms with Gasteiger partial charge in [0, 0.05) is 65.1 Å². The number of esters is 4. The van der Waals surface area contributed by atoms with Crippen molar-refractivity contribution in [3.05, 3.63) is 59.7 Å². The number of carbonyl (C=O) groups excluding carboxylic acids is 7. The molecule has 82 heavy (non-hydrogen) atoms. The number of likely N-dealkylation sites (N-methyl/N-ethyl adjacent to an activating group) is 4. The number of nitrogens with zero attached hydrogens (tertiary/aromatic N) is 5. The number of carboxylic acids is 1. The van der Waals surface area contributed by atoms with Crippen molar-refractivity contribution in [1.29, 1.82) is 0 Å². The Kier molecular flexibility index (Phi) is 21.7. The highest BCUT2D eigenvalue weighted by molar-refractivity contribution is 5.93. The van der Waals surface area contributed by atoms with Crippen LogP contribution in [0.4, 0.5) is 11.4 Å². The molecule has 4 aliphatic carbocycles. The zero-order valence-corrected chi connectivity index (χ0v) is 48.7. The van der Waals surface area contributed by atoms with Crippen molar-refractivity contribution in [2.75, 3.05) is 90.6 Å². The molecule has 3 amide bonds. The predicted molar refractivity (Wildman–Crippen MR) is 301 cm³/mol. The second kappa shape index (κ2) is 28.8. The number of anilines is 2. The fourth-order valence-corrected chi connectivity index (χ4v) is 10.8. The Labute approximate surface area is 481 Å². The molecule has 2 saturated heterocycles. The third-order valence-corrected chi connectivity index (χ3v) is 17.0. The maximum absolute atomic E-state index is 14.7. The van der Waals surface area contributed by atoms with E-state index >= 15 is 0 Å². The third kappa shape index (κ3) is 17.6. The van der Waals surface area contributed by atoms with Crippen LogP contribution in [-0.4, -0.2) is 197 Å². The van der Waals surface area contributed by atoms with Crippen molar-refractivity contribution in [2.45, 2.75) is 159 Å². The minimum Gasteiger partial charge on any atom is -0.479 e. The molecule has 2 N–H and O–H groups in total. The molecule has 0 radical (unpaired) electrons. The summed E-state index contributed by atoms with van der Waals surface area (Å²) < 4.78 is 34.6. The Hall–Kier alpha value is -6.32. The van der Waals surface area contributed by atoms with Gasteiger partial charge in [0.1, 0.15) is 24.2 Å². The molecule has 0 bridgehead atoms. The number of aliphatic carboxylic acids is 1. The van der Waals surface area contributed by atoms with Gasteiger partial charge in [0.2, 0.25) is 0 Å². The van der Waals surface area contributed by atoms with E-state index in [1.807, 2.05) is 48.5 Å². The summed E-state index contributed by atoms with van der Waals surface area (Å²) in [6.45, 7) is 8.10. The molecule has 2 aromatic rings. The highest BCUT2D eigenvalue weighted by Crippen LogP contribution is 2.38. The lowest BCUT2D eigenvalue weighted by Crippen LogP contribution is -2.53. The van der Waals surface area contributed by atoms with Crippen LogP contribution < -0.4 is 15.1 Å². The summed E-state index contributed by atoms with van der Waals surface area (Å²) in [5.74, 6) is -5.77. The van der Waals surface area contributed by atoms with Crippen molar-refractivity contribution in [3.8, 4) is 0 Å². The van der Waals surface area contributed by atoms with Gasteiger partial charge in [0.25, 0.3) is 17.7 Å². The number of carboxylic acid groups (broad SMARTS) is 1. The first-order valence-corrected chi connectivity index (χ1v) is 29.7. The number of benzene rings is 2. The SMILES string of the molecule is CN[C@@H](CC1CC1)C(=O)O[C@H](CCc1ccc(N2CCOCC2)cc1)C(=O)N(C)[C@@H](CC1CC1)C(=O)O[C@H](C)C(=O)N(C)[C@@H](CC1CC1)C(=O)O[C@H](Cc1ccc(N2CCOCC2)cc1)C(=O)N(C)[C@@H](CC1CC1)C(=O)O[C@H](C)C(=O)O. The molecule has 0 unspecified atom stereocenters. The van der Waals surface area contributed by atoms with Gasteiger partial charge in [-0.25, -0.2) is 19.2 Å². The molecule has 2 aliphatic heterocycles. The monoisotopic (exact) mass is 1140 g/mol. The molecule has 0 aromatic heterocycles. The summed E-state index contributed by atoms with van der Waals surface area (Å²) in [5, 5.41) is 12.6. The van der Waals surface area contributed by atoms with E-state index in [1.165, 1.54) is 49.7 Å². The summed E-state index contributed by atoms with van der Waals surface area (Å²) in [7, 11) is 6.02. The molecule has 4 saturated carbocycles. The maximum Gasteiger partial charge on any atom is 0.344 e. The molecule has 0 spiro atoms. The summed E-state index contributed by atoms with van der Waals surface area (Å²) in [6.07, 6.45) is 3.09. The number of rotatable bonds is 31. The highest BCUT2D eigenvalue weighted by atomic mass is 16.6. The van der Waals surface area contributed by atoms with E-state index in [-0.39, 0.29) is 49.9 Å². The van der Waals surface area contributed by atoms with Crippen LogP contribution in [0.1, 0.15) is 108 Å². The average Bonchev–Trinajstić information content (AvgIpc) is 4.40. The number of ether oxygens (including phenoxy) is 6. The van der Waals surface area contributed by atoms with Gasteiger partial charge in [0.05, 0.1) is 26.4 Å². The van der Waals surface area contributed by atoms with Gasteiger partial charge in [0.15, 0.2) is 24.4 Å². The van der Waals surface area contributed by atoms with Gasteiger partial charge >= 0.3 is 29.8 Å². The predicted octanol–water partition coefficient (Wildman–Crippen LogP) is 4.58. The van der Waals surface area contributed by atoms with Crippen LogP contribution in [-0.2, 0) is 79.6 Å². The zero-order chi connectivity index (χ0) is 58.6. The first kappa shape index (κ1) is 61.7. The normalized spacial score (nSPS) is 20.1. The first-order chi connectivity index (χ1) is 39.4. The number of amides is 3. The Bertz CT molecular complexity index is 2520. The molecule has 2 aromatic carbocycles. The van der Waals surface area contributed by atoms with Gasteiger partial charge in [-0.1, -0.05) is 75.6 Å². The summed E-state index contributed by atoms with van der Waals surface area (Å²) in [4.78, 5) is 120. The molecular formula is C61H86N6O15. The topological polar surface area (TPSA) is 240 Å². The van der Waals surface area contributed by atoms with E-state index in [0.29, 0.717) is 63.8 Å². The summed E-state index contributed by atoms with van der Waals surface area (Å²) in [6, 6.07) is 11.5. The fourth-order valence-electron chi connectivity index (χ4n) is 10.8. The lowest BCUT2D eigenvalue weighted by Gasteiger charge is -2.33. The number of hydrogen-bond acceptors (Lipinski definition) is 17. The Morgan fingerprint density at radius 2 is 0.902 bits per heavy atom. The Morgan fingerprint density at radius 3 is 1.33 bits per heavy atom. The largest absolute Gasteiger partial charge is 0.479 e. The van der Waals surface area contributed by atoms with Gasteiger partial charge < -0.3 is 63.3 Å². The lowest BCUT2D eigenvalue weighted by molar-refractivity contribution is -0.174. The van der Waals surface area contributed by atoms with Gasteiger partial charge in [-0.05, 0) is 118 Å². The summed E-state index contributed by atoms with van der Waals surface area (Å²) in [5.41, 5.74) is 3.61. The minimum absolute atomic E-state index is 0.0697. The van der Waals surface area contributed by atoms with Crippen LogP contribution in [0.3, 0.4) is 0 Å². The molecule has 6 fully saturated rings. The van der Waals surface area contributed by atoms with Gasteiger partial charge in [-0.3, -0.25) is 19.2 Å². The summed E-state index contributed by atoms with van der Waals surface area (Å²) >= 11 is 0. The lowest BCUT2D eigenvalue weighted by atomic mass is 10.0. The maximum atomic E-state index is 14.7. The van der Waals surface area contributed by atoms with Crippen molar-refractivity contribution >= 4 is 58.9 Å². The van der Waals surface area contributed by atoms with Crippen molar-refractivity contribution in [2.24, 2.45) is 23.7 Å². The van der Waals surface area contributed by atoms with Crippen LogP contribution >= 0.6 is 0 Å². The van der Waals surface area contributed by atoms with E-state index in [2.05, 4.69) is 15.1 Å². The standard InChI is InChI=1S/C61H86N6O15/c1-38(79-59(74)49(34-42-9-10-42)64(5)55(69)52(81-58(73)48(62-3)33-41-7-8-41)24-19-40-15-20-46(21-16-40)66-25-29-77-30-26-66)54(68)63(4)51(36-44-13-14-44)61(76)82-53(37-45-17-22-47(23-18-45)67-27-31-78-32-28-67)56(70)65(6)50(35-43-11-12-43)60(75)80-39(2)57(71)72/h15-18,20-23,38-39,41-44,48-53,62H,7-14,19,24-37H2,1-6H3,(H,71,72)/t38-,39-,48+,49+,50+,51+,52-,53-/m1/s1. The van der Waals surface area contributed by atoms with Crippen LogP contribution in [0, 0.1) is 23.7 Å². The number of nitrogens with one attached hydrogen (secondary N) is 1. The molecule has 21 nitrogen and oxygen atoms in total. The van der Waals surface area contributed by atoms with Crippen LogP contribution in [0.5, 0.6) is 0 Å². The quantitative estimate of drug-likeness (QED) is 0.0776. The number of aryl methyl sites for hydroxylation is 1. The molecule has 6 aliphatic rings. The van der Waals surface area contributed by atoms with E-state index in [1.54, 1.807) is 7.05 Å². The molecule has 21 heteroatoms. The fraction of sp³-hybridized carbons (Fsp3) is 0.672. The van der Waals surface area contributed by atoms with Crippen molar-refractivity contribution in [3.63, 3.8) is 0 Å². The first-order valence-electron chi connectivity index (χ1n) is 29.7. The Balaban J connectivity index is 0.968. The van der Waals surface area contributed by atoms with Crippen LogP contribution in [0.15, 0.2) is 48.5 Å². The molecule has 450 valence electrons. The smallest absolute Gasteiger partial charge is 0.344 e. The molecular weight excluding hydrogens is 1060 g/mol. The highest BCUT2D eigenvalue weighted by Gasteiger charge is 2.44. The Morgan fingerprint density at radius 1 is 0.524 bits per heavy atom. The van der Waals surface area contributed by atoms with E-state index in [0.717, 1.165) is 81.4 Å². The minimum atomic E-state index is -1.49. The van der Waals surface area contributed by atoms with Gasteiger partial charge in [-0.2, -0.15) is 0 Å². The molecule has 8 rings (SSSR count). The second-order valence-corrected chi connectivity index (χ2v) is 23.6. The molecule has 2 heterocycles. The third-order valence-electron chi connectivity index (χ3n) is 17.0. The van der Waals surface area contributed by atoms with E-state index in [4.69, 9.17) is 28.4 Å². The van der Waals surface area contributed by atoms with Crippen molar-refractivity contribution < 1.29 is 71.9 Å². The molecule has 8 atom stereocenters. The average molecular weight is 1140 g/mol. The number of carbonyl (C=O) groups is 8. The van der Waals surface area contributed by atoms with E-state index in [9.17, 15) is 43.5 Å². The second-order valence-electron chi connectivity index (χ2n) is 23.6. The number of hydrogen-bond donors (Lipinski definition) is 2. The van der Waals surface area contributed by atoms with Crippen LogP contribution in [0.2, 0.25) is 0 Å². The van der Waals surface area contributed by atoms with Crippen molar-refractivity contribution in [1.82, 2.24) is 20.0 Å². The van der Waals surface area contributed by atoms with Crippen LogP contribution in [0.25, 0.3) is 0 Å². The zero-order valence-electron chi connectivity index (χ0n) is 48.7.